The molecule has 110 valence electrons. The van der Waals surface area contributed by atoms with Crippen molar-refractivity contribution in [2.45, 2.75) is 6.92 Å². The summed E-state index contributed by atoms with van der Waals surface area (Å²) in [4.78, 5) is 4.15. The summed E-state index contributed by atoms with van der Waals surface area (Å²) in [6.45, 7) is 2.06. The number of benzene rings is 1. The van der Waals surface area contributed by atoms with Crippen molar-refractivity contribution < 1.29 is 0 Å². The minimum absolute atomic E-state index is 0.739. The zero-order valence-electron chi connectivity index (χ0n) is 12.5. The van der Waals surface area contributed by atoms with Crippen LogP contribution in [-0.2, 0) is 7.05 Å². The van der Waals surface area contributed by atoms with E-state index in [1.165, 1.54) is 0 Å². The lowest BCUT2D eigenvalue weighted by Crippen LogP contribution is -1.86. The van der Waals surface area contributed by atoms with Crippen LogP contribution in [0, 0.1) is 6.92 Å². The molecule has 3 rings (SSSR count). The second-order valence-electron chi connectivity index (χ2n) is 5.18. The van der Waals surface area contributed by atoms with Crippen LogP contribution in [0.2, 0.25) is 5.02 Å². The fourth-order valence-corrected chi connectivity index (χ4v) is 2.49. The summed E-state index contributed by atoms with van der Waals surface area (Å²) in [7, 11) is 1.93. The highest BCUT2D eigenvalue weighted by Gasteiger charge is 2.09. The molecule has 0 radical (unpaired) electrons. The number of aromatic nitrogens is 3. The van der Waals surface area contributed by atoms with E-state index in [0.717, 1.165) is 33.0 Å². The summed E-state index contributed by atoms with van der Waals surface area (Å²) in [6.07, 6.45) is 9.78. The van der Waals surface area contributed by atoms with Gasteiger partial charge in [0.15, 0.2) is 0 Å². The van der Waals surface area contributed by atoms with E-state index in [9.17, 15) is 0 Å². The van der Waals surface area contributed by atoms with Gasteiger partial charge in [-0.3, -0.25) is 9.67 Å². The summed E-state index contributed by atoms with van der Waals surface area (Å²) < 4.78 is 1.83. The van der Waals surface area contributed by atoms with Crippen LogP contribution in [0.25, 0.3) is 23.3 Å². The Morgan fingerprint density at radius 3 is 2.55 bits per heavy atom. The molecule has 0 atom stereocenters. The Hall–Kier alpha value is -2.39. The second-order valence-corrected chi connectivity index (χ2v) is 5.61. The fourth-order valence-electron chi connectivity index (χ4n) is 2.36. The number of hydrogen-bond acceptors (Lipinski definition) is 2. The topological polar surface area (TPSA) is 30.7 Å². The zero-order valence-corrected chi connectivity index (χ0v) is 13.2. The smallest absolute Gasteiger partial charge is 0.0929 e. The quantitative estimate of drug-likeness (QED) is 0.707. The molecule has 1 aromatic carbocycles. The van der Waals surface area contributed by atoms with Crippen LogP contribution in [-0.4, -0.2) is 14.8 Å². The molecule has 0 aliphatic rings. The van der Waals surface area contributed by atoms with Crippen molar-refractivity contribution in [3.8, 4) is 11.1 Å². The van der Waals surface area contributed by atoms with Gasteiger partial charge >= 0.3 is 0 Å². The highest BCUT2D eigenvalue weighted by atomic mass is 35.5. The molecule has 0 saturated carbocycles. The lowest BCUT2D eigenvalue weighted by atomic mass is 10.0. The van der Waals surface area contributed by atoms with E-state index in [-0.39, 0.29) is 0 Å². The number of hydrogen-bond donors (Lipinski definition) is 0. The molecule has 2 heterocycles. The maximum atomic E-state index is 5.91. The Kier molecular flexibility index (Phi) is 4.07. The van der Waals surface area contributed by atoms with Gasteiger partial charge in [-0.25, -0.2) is 0 Å². The van der Waals surface area contributed by atoms with E-state index in [0.29, 0.717) is 0 Å². The van der Waals surface area contributed by atoms with Crippen LogP contribution in [0.3, 0.4) is 0 Å². The summed E-state index contributed by atoms with van der Waals surface area (Å²) >= 11 is 5.91. The molecule has 0 aliphatic heterocycles. The van der Waals surface area contributed by atoms with Crippen LogP contribution in [0.1, 0.15) is 16.8 Å². The fraction of sp³-hybridized carbons (Fsp3) is 0.111. The van der Waals surface area contributed by atoms with Gasteiger partial charge in [-0.1, -0.05) is 29.8 Å². The third-order valence-electron chi connectivity index (χ3n) is 3.47. The van der Waals surface area contributed by atoms with Gasteiger partial charge < -0.3 is 0 Å². The maximum absolute atomic E-state index is 5.91. The molecule has 0 saturated heterocycles. The lowest BCUT2D eigenvalue weighted by molar-refractivity contribution is 0.765. The molecule has 0 unspecified atom stereocenters. The Bertz CT molecular complexity index is 817. The van der Waals surface area contributed by atoms with Gasteiger partial charge in [0.05, 0.1) is 5.69 Å². The molecule has 3 nitrogen and oxygen atoms in total. The van der Waals surface area contributed by atoms with Gasteiger partial charge in [-0.2, -0.15) is 5.10 Å². The maximum Gasteiger partial charge on any atom is 0.0929 e. The number of aryl methyl sites for hydroxylation is 2. The first-order valence-corrected chi connectivity index (χ1v) is 7.39. The van der Waals surface area contributed by atoms with Crippen LogP contribution in [0.4, 0.5) is 0 Å². The molecule has 0 fully saturated rings. The average molecular weight is 310 g/mol. The lowest BCUT2D eigenvalue weighted by Gasteiger charge is -2.03. The van der Waals surface area contributed by atoms with Crippen molar-refractivity contribution >= 4 is 23.8 Å². The highest BCUT2D eigenvalue weighted by Crippen LogP contribution is 2.26. The molecule has 2 aromatic heterocycles. The molecular formula is C18H16ClN3. The summed E-state index contributed by atoms with van der Waals surface area (Å²) in [6, 6.07) is 9.76. The van der Waals surface area contributed by atoms with Gasteiger partial charge in [0.25, 0.3) is 0 Å². The Balaban J connectivity index is 1.98. The predicted molar refractivity (Wildman–Crippen MR) is 91.6 cm³/mol. The Morgan fingerprint density at radius 2 is 1.82 bits per heavy atom. The Labute approximate surface area is 134 Å². The highest BCUT2D eigenvalue weighted by molar-refractivity contribution is 6.30. The van der Waals surface area contributed by atoms with Crippen molar-refractivity contribution in [1.82, 2.24) is 14.8 Å². The van der Waals surface area contributed by atoms with Gasteiger partial charge in [0, 0.05) is 36.2 Å². The van der Waals surface area contributed by atoms with E-state index < -0.39 is 0 Å². The normalized spacial score (nSPS) is 11.2. The number of halogens is 1. The van der Waals surface area contributed by atoms with Crippen LogP contribution in [0.5, 0.6) is 0 Å². The van der Waals surface area contributed by atoms with Gasteiger partial charge in [-0.15, -0.1) is 0 Å². The van der Waals surface area contributed by atoms with Gasteiger partial charge in [-0.05, 0) is 47.9 Å². The molecule has 0 N–H and O–H groups in total. The van der Waals surface area contributed by atoms with Crippen LogP contribution >= 0.6 is 11.6 Å². The standard InChI is InChI=1S/C18H16ClN3/c1-13-11-20-10-9-16(13)17-12-22(2)21-18(17)8-5-14-3-6-15(19)7-4-14/h3-12H,1-2H3/b8-5+. The number of rotatable bonds is 3. The van der Waals surface area contributed by atoms with Gasteiger partial charge in [0.1, 0.15) is 0 Å². The van der Waals surface area contributed by atoms with Crippen molar-refractivity contribution in [2.24, 2.45) is 7.05 Å². The van der Waals surface area contributed by atoms with E-state index in [2.05, 4.69) is 17.0 Å². The zero-order chi connectivity index (χ0) is 15.5. The minimum Gasteiger partial charge on any atom is -0.275 e. The predicted octanol–water partition coefficient (Wildman–Crippen LogP) is 4.61. The molecule has 0 spiro atoms. The second kappa shape index (κ2) is 6.16. The third kappa shape index (κ3) is 3.10. The monoisotopic (exact) mass is 309 g/mol. The number of nitrogens with zero attached hydrogens (tertiary/aromatic N) is 3. The molecule has 0 aliphatic carbocycles. The number of pyridine rings is 1. The van der Waals surface area contributed by atoms with Crippen molar-refractivity contribution in [2.75, 3.05) is 0 Å². The molecular weight excluding hydrogens is 294 g/mol. The summed E-state index contributed by atoms with van der Waals surface area (Å²) in [5.41, 5.74) is 5.42. The molecule has 0 bridgehead atoms. The first-order chi connectivity index (χ1) is 10.6. The van der Waals surface area contributed by atoms with E-state index >= 15 is 0 Å². The van der Waals surface area contributed by atoms with Crippen molar-refractivity contribution in [1.29, 1.82) is 0 Å². The third-order valence-corrected chi connectivity index (χ3v) is 3.72. The molecule has 0 amide bonds. The van der Waals surface area contributed by atoms with Crippen LogP contribution < -0.4 is 0 Å². The SMILES string of the molecule is Cc1cnccc1-c1cn(C)nc1/C=C/c1ccc(Cl)cc1. The average Bonchev–Trinajstić information content (AvgIpc) is 2.88. The van der Waals surface area contributed by atoms with E-state index in [4.69, 9.17) is 11.6 Å². The molecule has 4 heteroatoms. The van der Waals surface area contributed by atoms with E-state index in [1.54, 1.807) is 0 Å². The van der Waals surface area contributed by atoms with Crippen molar-refractivity contribution in [3.63, 3.8) is 0 Å². The van der Waals surface area contributed by atoms with Crippen molar-refractivity contribution in [3.05, 3.63) is 70.8 Å². The largest absolute Gasteiger partial charge is 0.275 e. The first-order valence-electron chi connectivity index (χ1n) is 7.02. The first kappa shape index (κ1) is 14.5. The minimum atomic E-state index is 0.739. The van der Waals surface area contributed by atoms with E-state index in [1.807, 2.05) is 72.8 Å². The van der Waals surface area contributed by atoms with Crippen LogP contribution in [0.15, 0.2) is 48.9 Å². The summed E-state index contributed by atoms with van der Waals surface area (Å²) in [5.74, 6) is 0. The summed E-state index contributed by atoms with van der Waals surface area (Å²) in [5, 5.41) is 5.28. The molecule has 22 heavy (non-hydrogen) atoms. The molecule has 3 aromatic rings. The van der Waals surface area contributed by atoms with Gasteiger partial charge in [0.2, 0.25) is 0 Å². The Morgan fingerprint density at radius 1 is 1.05 bits per heavy atom.